The molecule has 1 saturated heterocycles. The van der Waals surface area contributed by atoms with E-state index in [4.69, 9.17) is 4.52 Å². The lowest BCUT2D eigenvalue weighted by molar-refractivity contribution is 0.111. The fourth-order valence-electron chi connectivity index (χ4n) is 1.78. The van der Waals surface area contributed by atoms with Crippen LogP contribution >= 0.6 is 0 Å². The Morgan fingerprint density at radius 1 is 1.50 bits per heavy atom. The maximum atomic E-state index is 10.3. The van der Waals surface area contributed by atoms with Gasteiger partial charge < -0.3 is 9.42 Å². The summed E-state index contributed by atoms with van der Waals surface area (Å²) in [6.45, 7) is 3.39. The molecule has 14 heavy (non-hydrogen) atoms. The quantitative estimate of drug-likeness (QED) is 0.674. The molecule has 0 bridgehead atoms. The number of likely N-dealkylation sites (tertiary alicyclic amines) is 1. The molecule has 0 N–H and O–H groups in total. The summed E-state index contributed by atoms with van der Waals surface area (Å²) in [5, 5.41) is 3.62. The summed E-state index contributed by atoms with van der Waals surface area (Å²) in [4.78, 5) is 12.8. The molecule has 0 unspecified atom stereocenters. The molecule has 0 spiro atoms. The van der Waals surface area contributed by atoms with Crippen LogP contribution in [0.5, 0.6) is 0 Å². The number of carbonyl (C=O) groups is 1. The average Bonchev–Trinajstić information content (AvgIpc) is 2.86. The van der Waals surface area contributed by atoms with Gasteiger partial charge in [-0.15, -0.1) is 0 Å². The SMILES string of the molecule is O=Cc1cc(CCN2CCCC2)on1. The second-order valence-electron chi connectivity index (χ2n) is 3.63. The third kappa shape index (κ3) is 2.20. The van der Waals surface area contributed by atoms with Gasteiger partial charge in [0.2, 0.25) is 0 Å². The third-order valence-electron chi connectivity index (χ3n) is 2.57. The summed E-state index contributed by atoms with van der Waals surface area (Å²) < 4.78 is 5.01. The zero-order chi connectivity index (χ0) is 9.80. The predicted octanol–water partition coefficient (Wildman–Crippen LogP) is 1.13. The smallest absolute Gasteiger partial charge is 0.171 e. The minimum atomic E-state index is 0.390. The van der Waals surface area contributed by atoms with E-state index in [1.807, 2.05) is 0 Å². The first kappa shape index (κ1) is 9.40. The van der Waals surface area contributed by atoms with Crippen molar-refractivity contribution >= 4 is 6.29 Å². The van der Waals surface area contributed by atoms with E-state index >= 15 is 0 Å². The number of aldehydes is 1. The molecule has 2 rings (SSSR count). The van der Waals surface area contributed by atoms with Gasteiger partial charge in [0.05, 0.1) is 0 Å². The maximum Gasteiger partial charge on any atom is 0.171 e. The second-order valence-corrected chi connectivity index (χ2v) is 3.63. The van der Waals surface area contributed by atoms with E-state index in [0.29, 0.717) is 12.0 Å². The van der Waals surface area contributed by atoms with Crippen LogP contribution in [0.1, 0.15) is 29.1 Å². The van der Waals surface area contributed by atoms with Gasteiger partial charge in [0.15, 0.2) is 6.29 Å². The van der Waals surface area contributed by atoms with Crippen molar-refractivity contribution in [1.29, 1.82) is 0 Å². The lowest BCUT2D eigenvalue weighted by Gasteiger charge is -2.12. The first-order chi connectivity index (χ1) is 6.88. The average molecular weight is 194 g/mol. The maximum absolute atomic E-state index is 10.3. The molecule has 0 aliphatic carbocycles. The summed E-state index contributed by atoms with van der Waals surface area (Å²) in [5.41, 5.74) is 0.390. The fourth-order valence-corrected chi connectivity index (χ4v) is 1.78. The number of carbonyl (C=O) groups excluding carboxylic acids is 1. The zero-order valence-electron chi connectivity index (χ0n) is 8.11. The molecule has 0 amide bonds. The molecule has 1 aromatic rings. The molecule has 4 nitrogen and oxygen atoms in total. The summed E-state index contributed by atoms with van der Waals surface area (Å²) in [6, 6.07) is 1.71. The molecule has 4 heteroatoms. The molecular weight excluding hydrogens is 180 g/mol. The van der Waals surface area contributed by atoms with Gasteiger partial charge in [0.25, 0.3) is 0 Å². The van der Waals surface area contributed by atoms with E-state index in [0.717, 1.165) is 18.7 Å². The van der Waals surface area contributed by atoms with Crippen LogP contribution in [0.2, 0.25) is 0 Å². The molecule has 76 valence electrons. The largest absolute Gasteiger partial charge is 0.361 e. The van der Waals surface area contributed by atoms with Crippen molar-refractivity contribution in [1.82, 2.24) is 10.1 Å². The first-order valence-corrected chi connectivity index (χ1v) is 5.01. The highest BCUT2D eigenvalue weighted by Gasteiger charge is 2.12. The number of nitrogens with zero attached hydrogens (tertiary/aromatic N) is 2. The van der Waals surface area contributed by atoms with Crippen LogP contribution in [0.25, 0.3) is 0 Å². The van der Waals surface area contributed by atoms with Crippen molar-refractivity contribution in [2.24, 2.45) is 0 Å². The van der Waals surface area contributed by atoms with Crippen LogP contribution in [0.4, 0.5) is 0 Å². The molecule has 1 fully saturated rings. The number of aromatic nitrogens is 1. The number of rotatable bonds is 4. The Labute approximate surface area is 82.9 Å². The van der Waals surface area contributed by atoms with Crippen LogP contribution in [0, 0.1) is 0 Å². The van der Waals surface area contributed by atoms with Crippen LogP contribution in [-0.2, 0) is 6.42 Å². The Morgan fingerprint density at radius 3 is 2.93 bits per heavy atom. The zero-order valence-corrected chi connectivity index (χ0v) is 8.11. The molecule has 0 aromatic carbocycles. The molecule has 0 radical (unpaired) electrons. The van der Waals surface area contributed by atoms with Crippen LogP contribution in [-0.4, -0.2) is 36.0 Å². The van der Waals surface area contributed by atoms with Gasteiger partial charge in [-0.3, -0.25) is 4.79 Å². The first-order valence-electron chi connectivity index (χ1n) is 5.01. The standard InChI is InChI=1S/C10H14N2O2/c13-8-9-7-10(14-11-9)3-6-12-4-1-2-5-12/h7-8H,1-6H2. The van der Waals surface area contributed by atoms with E-state index in [9.17, 15) is 4.79 Å². The lowest BCUT2D eigenvalue weighted by atomic mass is 10.3. The summed E-state index contributed by atoms with van der Waals surface area (Å²) in [6.07, 6.45) is 4.16. The molecule has 0 saturated carbocycles. The number of hydrogen-bond donors (Lipinski definition) is 0. The Balaban J connectivity index is 1.81. The van der Waals surface area contributed by atoms with Gasteiger partial charge in [0.1, 0.15) is 11.5 Å². The predicted molar refractivity (Wildman–Crippen MR) is 51.3 cm³/mol. The molecule has 1 aromatic heterocycles. The second kappa shape index (κ2) is 4.37. The van der Waals surface area contributed by atoms with Gasteiger partial charge in [-0.25, -0.2) is 0 Å². The van der Waals surface area contributed by atoms with Crippen molar-refractivity contribution in [3.05, 3.63) is 17.5 Å². The summed E-state index contributed by atoms with van der Waals surface area (Å²) in [7, 11) is 0. The summed E-state index contributed by atoms with van der Waals surface area (Å²) in [5.74, 6) is 0.805. The normalized spacial score (nSPS) is 17.4. The van der Waals surface area contributed by atoms with E-state index < -0.39 is 0 Å². The highest BCUT2D eigenvalue weighted by molar-refractivity contribution is 5.71. The van der Waals surface area contributed by atoms with Crippen molar-refractivity contribution in [2.75, 3.05) is 19.6 Å². The molecule has 1 aliphatic rings. The number of hydrogen-bond acceptors (Lipinski definition) is 4. The van der Waals surface area contributed by atoms with Gasteiger partial charge in [0, 0.05) is 19.0 Å². The van der Waals surface area contributed by atoms with E-state index in [1.165, 1.54) is 25.9 Å². The molecular formula is C10H14N2O2. The van der Waals surface area contributed by atoms with E-state index in [-0.39, 0.29) is 0 Å². The highest BCUT2D eigenvalue weighted by Crippen LogP contribution is 2.09. The van der Waals surface area contributed by atoms with Crippen LogP contribution in [0.15, 0.2) is 10.6 Å². The van der Waals surface area contributed by atoms with Crippen LogP contribution in [0.3, 0.4) is 0 Å². The Bertz CT molecular complexity index is 303. The van der Waals surface area contributed by atoms with Gasteiger partial charge in [-0.1, -0.05) is 5.16 Å². The van der Waals surface area contributed by atoms with Crippen molar-refractivity contribution in [2.45, 2.75) is 19.3 Å². The van der Waals surface area contributed by atoms with E-state index in [2.05, 4.69) is 10.1 Å². The fraction of sp³-hybridized carbons (Fsp3) is 0.600. The Kier molecular flexibility index (Phi) is 2.93. The summed E-state index contributed by atoms with van der Waals surface area (Å²) >= 11 is 0. The molecule has 1 aliphatic heterocycles. The molecule has 2 heterocycles. The van der Waals surface area contributed by atoms with Gasteiger partial charge in [-0.2, -0.15) is 0 Å². The van der Waals surface area contributed by atoms with Crippen molar-refractivity contribution in [3.8, 4) is 0 Å². The monoisotopic (exact) mass is 194 g/mol. The minimum Gasteiger partial charge on any atom is -0.361 e. The van der Waals surface area contributed by atoms with Crippen molar-refractivity contribution < 1.29 is 9.32 Å². The van der Waals surface area contributed by atoms with Gasteiger partial charge in [-0.05, 0) is 25.9 Å². The molecule has 0 atom stereocenters. The third-order valence-corrected chi connectivity index (χ3v) is 2.57. The highest BCUT2D eigenvalue weighted by atomic mass is 16.5. The van der Waals surface area contributed by atoms with Crippen molar-refractivity contribution in [3.63, 3.8) is 0 Å². The lowest BCUT2D eigenvalue weighted by Crippen LogP contribution is -2.21. The van der Waals surface area contributed by atoms with Crippen LogP contribution < -0.4 is 0 Å². The Morgan fingerprint density at radius 2 is 2.29 bits per heavy atom. The van der Waals surface area contributed by atoms with Gasteiger partial charge >= 0.3 is 0 Å². The minimum absolute atomic E-state index is 0.390. The Hall–Kier alpha value is -1.16. The topological polar surface area (TPSA) is 46.3 Å². The van der Waals surface area contributed by atoms with E-state index in [1.54, 1.807) is 6.07 Å².